The van der Waals surface area contributed by atoms with Crippen LogP contribution in [0.4, 0.5) is 10.1 Å². The predicted octanol–water partition coefficient (Wildman–Crippen LogP) is 3.67. The van der Waals surface area contributed by atoms with Gasteiger partial charge in [0.25, 0.3) is 5.91 Å². The zero-order chi connectivity index (χ0) is 15.6. The summed E-state index contributed by atoms with van der Waals surface area (Å²) >= 11 is 10.7. The van der Waals surface area contributed by atoms with E-state index in [-0.39, 0.29) is 16.2 Å². The summed E-state index contributed by atoms with van der Waals surface area (Å²) in [6.07, 6.45) is 0. The number of nitrogens with two attached hydrogens (primary N) is 1. The van der Waals surface area contributed by atoms with Gasteiger partial charge in [0.2, 0.25) is 0 Å². The van der Waals surface area contributed by atoms with E-state index in [1.807, 2.05) is 0 Å². The minimum atomic E-state index is -0.580. The van der Waals surface area contributed by atoms with E-state index in [0.29, 0.717) is 10.6 Å². The maximum Gasteiger partial charge on any atom is 0.256 e. The first kappa shape index (κ1) is 15.4. The van der Waals surface area contributed by atoms with Gasteiger partial charge in [0.15, 0.2) is 0 Å². The van der Waals surface area contributed by atoms with E-state index in [9.17, 15) is 9.18 Å². The van der Waals surface area contributed by atoms with Gasteiger partial charge in [0, 0.05) is 10.6 Å². The number of hydrogen-bond donors (Lipinski definition) is 2. The molecule has 3 nitrogen and oxygen atoms in total. The fourth-order valence-electron chi connectivity index (χ4n) is 1.91. The highest BCUT2D eigenvalue weighted by atomic mass is 35.5. The molecule has 2 aromatic carbocycles. The maximum atomic E-state index is 13.8. The zero-order valence-electron chi connectivity index (χ0n) is 11.1. The molecule has 0 aromatic heterocycles. The Bertz CT molecular complexity index is 734. The van der Waals surface area contributed by atoms with Crippen LogP contribution in [-0.4, -0.2) is 10.9 Å². The van der Waals surface area contributed by atoms with Gasteiger partial charge in [0.1, 0.15) is 10.8 Å². The summed E-state index contributed by atoms with van der Waals surface area (Å²) in [7, 11) is 0. The Morgan fingerprint density at radius 1 is 1.33 bits per heavy atom. The summed E-state index contributed by atoms with van der Waals surface area (Å²) in [6.45, 7) is 1.78. The highest BCUT2D eigenvalue weighted by Gasteiger charge is 2.15. The SMILES string of the molecule is Cc1ccc(Cl)cc1C(=O)Nc1cccc(F)c1C(N)=S. The summed E-state index contributed by atoms with van der Waals surface area (Å²) in [4.78, 5) is 12.2. The molecule has 6 heteroatoms. The molecule has 108 valence electrons. The molecular weight excluding hydrogens is 311 g/mol. The van der Waals surface area contributed by atoms with Crippen LogP contribution in [0.3, 0.4) is 0 Å². The number of rotatable bonds is 3. The van der Waals surface area contributed by atoms with Gasteiger partial charge in [-0.25, -0.2) is 4.39 Å². The van der Waals surface area contributed by atoms with Crippen LogP contribution in [0.5, 0.6) is 0 Å². The number of carbonyl (C=O) groups excluding carboxylic acids is 1. The molecule has 0 bridgehead atoms. The Hall–Kier alpha value is -1.98. The van der Waals surface area contributed by atoms with Gasteiger partial charge < -0.3 is 11.1 Å². The number of benzene rings is 2. The molecule has 1 amide bonds. The molecule has 2 rings (SSSR count). The smallest absolute Gasteiger partial charge is 0.256 e. The molecule has 0 spiro atoms. The summed E-state index contributed by atoms with van der Waals surface area (Å²) in [6, 6.07) is 9.21. The van der Waals surface area contributed by atoms with E-state index in [1.54, 1.807) is 25.1 Å². The topological polar surface area (TPSA) is 55.1 Å². The van der Waals surface area contributed by atoms with Crippen LogP contribution < -0.4 is 11.1 Å². The van der Waals surface area contributed by atoms with Gasteiger partial charge >= 0.3 is 0 Å². The fourth-order valence-corrected chi connectivity index (χ4v) is 2.29. The summed E-state index contributed by atoms with van der Waals surface area (Å²) in [5.41, 5.74) is 6.90. The van der Waals surface area contributed by atoms with Crippen molar-refractivity contribution in [2.45, 2.75) is 6.92 Å². The maximum absolute atomic E-state index is 13.8. The van der Waals surface area contributed by atoms with Gasteiger partial charge in [-0.05, 0) is 36.8 Å². The lowest BCUT2D eigenvalue weighted by Crippen LogP contribution is -2.19. The predicted molar refractivity (Wildman–Crippen MR) is 86.4 cm³/mol. The first-order valence-electron chi connectivity index (χ1n) is 6.06. The lowest BCUT2D eigenvalue weighted by atomic mass is 10.1. The lowest BCUT2D eigenvalue weighted by Gasteiger charge is -2.12. The Labute approximate surface area is 131 Å². The first-order chi connectivity index (χ1) is 9.90. The van der Waals surface area contributed by atoms with Crippen LogP contribution in [0.25, 0.3) is 0 Å². The second kappa shape index (κ2) is 6.20. The molecule has 0 atom stereocenters. The average molecular weight is 323 g/mol. The highest BCUT2D eigenvalue weighted by molar-refractivity contribution is 7.80. The quantitative estimate of drug-likeness (QED) is 0.848. The molecule has 0 aliphatic carbocycles. The normalized spacial score (nSPS) is 10.2. The molecular formula is C15H12ClFN2OS. The van der Waals surface area contributed by atoms with E-state index < -0.39 is 11.7 Å². The Morgan fingerprint density at radius 2 is 2.05 bits per heavy atom. The Kier molecular flexibility index (Phi) is 4.55. The second-order valence-corrected chi connectivity index (χ2v) is 5.32. The van der Waals surface area contributed by atoms with Crippen LogP contribution >= 0.6 is 23.8 Å². The largest absolute Gasteiger partial charge is 0.389 e. The number of amides is 1. The number of aryl methyl sites for hydroxylation is 1. The molecule has 0 fully saturated rings. The molecule has 0 aliphatic heterocycles. The van der Waals surface area contributed by atoms with E-state index in [2.05, 4.69) is 5.32 Å². The summed E-state index contributed by atoms with van der Waals surface area (Å²) < 4.78 is 13.8. The van der Waals surface area contributed by atoms with E-state index in [0.717, 1.165) is 5.56 Å². The zero-order valence-corrected chi connectivity index (χ0v) is 12.7. The molecule has 21 heavy (non-hydrogen) atoms. The molecule has 2 aromatic rings. The van der Waals surface area contributed by atoms with E-state index in [4.69, 9.17) is 29.6 Å². The van der Waals surface area contributed by atoms with Crippen molar-refractivity contribution in [2.75, 3.05) is 5.32 Å². The van der Waals surface area contributed by atoms with Crippen molar-refractivity contribution < 1.29 is 9.18 Å². The third kappa shape index (κ3) is 3.37. The summed E-state index contributed by atoms with van der Waals surface area (Å²) in [5.74, 6) is -0.985. The fraction of sp³-hybridized carbons (Fsp3) is 0.0667. The Morgan fingerprint density at radius 3 is 2.71 bits per heavy atom. The number of halogens is 2. The van der Waals surface area contributed by atoms with Gasteiger partial charge in [-0.15, -0.1) is 0 Å². The van der Waals surface area contributed by atoms with Crippen LogP contribution in [0, 0.1) is 12.7 Å². The molecule has 0 saturated heterocycles. The molecule has 3 N–H and O–H groups in total. The van der Waals surface area contributed by atoms with Gasteiger partial charge in [-0.3, -0.25) is 4.79 Å². The van der Waals surface area contributed by atoms with Crippen molar-refractivity contribution in [2.24, 2.45) is 5.73 Å². The van der Waals surface area contributed by atoms with Crippen LogP contribution in [0.2, 0.25) is 5.02 Å². The van der Waals surface area contributed by atoms with Crippen molar-refractivity contribution in [1.29, 1.82) is 0 Å². The van der Waals surface area contributed by atoms with Crippen molar-refractivity contribution in [3.8, 4) is 0 Å². The molecule has 0 heterocycles. The third-order valence-electron chi connectivity index (χ3n) is 2.95. The number of carbonyl (C=O) groups is 1. The lowest BCUT2D eigenvalue weighted by molar-refractivity contribution is 0.102. The number of hydrogen-bond acceptors (Lipinski definition) is 2. The van der Waals surface area contributed by atoms with Crippen molar-refractivity contribution in [3.63, 3.8) is 0 Å². The van der Waals surface area contributed by atoms with Crippen molar-refractivity contribution in [1.82, 2.24) is 0 Å². The minimum absolute atomic E-state index is 0.0144. The monoisotopic (exact) mass is 322 g/mol. The van der Waals surface area contributed by atoms with E-state index >= 15 is 0 Å². The number of nitrogens with one attached hydrogen (secondary N) is 1. The van der Waals surface area contributed by atoms with Crippen molar-refractivity contribution in [3.05, 3.63) is 63.9 Å². The molecule has 0 radical (unpaired) electrons. The minimum Gasteiger partial charge on any atom is -0.389 e. The van der Waals surface area contributed by atoms with Crippen LogP contribution in [0.1, 0.15) is 21.5 Å². The average Bonchev–Trinajstić information content (AvgIpc) is 2.41. The third-order valence-corrected chi connectivity index (χ3v) is 3.39. The Balaban J connectivity index is 2.39. The standard InChI is InChI=1S/C15H12ClFN2OS/c1-8-5-6-9(16)7-10(8)15(20)19-12-4-2-3-11(17)13(12)14(18)21/h2-7H,1H3,(H2,18,21)(H,19,20). The van der Waals surface area contributed by atoms with Gasteiger partial charge in [-0.2, -0.15) is 0 Å². The molecule has 0 unspecified atom stereocenters. The van der Waals surface area contributed by atoms with Crippen molar-refractivity contribution >= 4 is 40.4 Å². The molecule has 0 saturated carbocycles. The number of thiocarbonyl (C=S) groups is 1. The molecule has 0 aliphatic rings. The van der Waals surface area contributed by atoms with Crippen LogP contribution in [0.15, 0.2) is 36.4 Å². The second-order valence-electron chi connectivity index (χ2n) is 4.44. The number of anilines is 1. The highest BCUT2D eigenvalue weighted by Crippen LogP contribution is 2.21. The van der Waals surface area contributed by atoms with Gasteiger partial charge in [-0.1, -0.05) is 36.0 Å². The van der Waals surface area contributed by atoms with Crippen LogP contribution in [-0.2, 0) is 0 Å². The van der Waals surface area contributed by atoms with Gasteiger partial charge in [0.05, 0.1) is 11.3 Å². The summed E-state index contributed by atoms with van der Waals surface area (Å²) in [5, 5.41) is 3.06. The van der Waals surface area contributed by atoms with E-state index in [1.165, 1.54) is 18.2 Å². The first-order valence-corrected chi connectivity index (χ1v) is 6.84.